The summed E-state index contributed by atoms with van der Waals surface area (Å²) in [6, 6.07) is -1.15. The number of carbonyl (C=O) groups is 2. The van der Waals surface area contributed by atoms with Crippen LogP contribution in [0.1, 0.15) is 32.1 Å². The number of amides is 2. The van der Waals surface area contributed by atoms with Gasteiger partial charge in [-0.25, -0.2) is 9.59 Å². The lowest BCUT2D eigenvalue weighted by atomic mass is 9.84. The number of urea groups is 1. The lowest BCUT2D eigenvalue weighted by molar-refractivity contribution is -0.141. The first-order valence-corrected chi connectivity index (χ1v) is 6.92. The first kappa shape index (κ1) is 15.8. The Kier molecular flexibility index (Phi) is 6.62. The molecule has 0 aromatic rings. The lowest BCUT2D eigenvalue weighted by Gasteiger charge is -2.28. The summed E-state index contributed by atoms with van der Waals surface area (Å²) >= 11 is 0. The van der Waals surface area contributed by atoms with Crippen LogP contribution in [-0.4, -0.2) is 55.2 Å². The molecule has 110 valence electrons. The van der Waals surface area contributed by atoms with Gasteiger partial charge in [0.15, 0.2) is 0 Å². The maximum Gasteiger partial charge on any atom is 0.326 e. The van der Waals surface area contributed by atoms with Crippen molar-refractivity contribution in [3.05, 3.63) is 0 Å². The van der Waals surface area contributed by atoms with Crippen LogP contribution in [0.2, 0.25) is 0 Å². The second kappa shape index (κ2) is 7.99. The number of likely N-dealkylation sites (N-methyl/N-ethyl adjacent to an activating group) is 1. The Hall–Kier alpha value is -1.30. The smallest absolute Gasteiger partial charge is 0.326 e. The fraction of sp³-hybridized carbons (Fsp3) is 0.846. The highest BCUT2D eigenvalue weighted by Gasteiger charge is 2.30. The molecule has 0 spiro atoms. The Bertz CT molecular complexity index is 302. The minimum atomic E-state index is -0.936. The Labute approximate surface area is 114 Å². The second-order valence-electron chi connectivity index (χ2n) is 5.42. The van der Waals surface area contributed by atoms with Gasteiger partial charge in [-0.1, -0.05) is 19.3 Å². The standard InChI is InChI=1S/C13H25N3O3/c1-16(2)9-8-14-13(19)15-11(12(17)18)10-6-4-3-5-7-10/h10-11H,3-9H2,1-2H3,(H,17,18)(H2,14,15,19). The van der Waals surface area contributed by atoms with E-state index < -0.39 is 12.0 Å². The van der Waals surface area contributed by atoms with Crippen LogP contribution >= 0.6 is 0 Å². The quantitative estimate of drug-likeness (QED) is 0.670. The minimum Gasteiger partial charge on any atom is -0.480 e. The maximum absolute atomic E-state index is 11.7. The molecular weight excluding hydrogens is 246 g/mol. The molecular formula is C13H25N3O3. The molecule has 6 heteroatoms. The van der Waals surface area contributed by atoms with Crippen LogP contribution in [0.25, 0.3) is 0 Å². The SMILES string of the molecule is CN(C)CCNC(=O)NC(C(=O)O)C1CCCCC1. The number of hydrogen-bond donors (Lipinski definition) is 3. The largest absolute Gasteiger partial charge is 0.480 e. The van der Waals surface area contributed by atoms with Crippen molar-refractivity contribution in [1.82, 2.24) is 15.5 Å². The number of nitrogens with one attached hydrogen (secondary N) is 2. The van der Waals surface area contributed by atoms with Crippen LogP contribution < -0.4 is 10.6 Å². The van der Waals surface area contributed by atoms with Gasteiger partial charge in [0.1, 0.15) is 6.04 Å². The summed E-state index contributed by atoms with van der Waals surface area (Å²) in [6.45, 7) is 1.24. The Balaban J connectivity index is 2.39. The molecule has 0 saturated heterocycles. The Morgan fingerprint density at radius 2 is 1.89 bits per heavy atom. The van der Waals surface area contributed by atoms with E-state index in [1.165, 1.54) is 0 Å². The zero-order valence-corrected chi connectivity index (χ0v) is 11.8. The molecule has 1 aliphatic rings. The van der Waals surface area contributed by atoms with E-state index in [0.717, 1.165) is 38.6 Å². The molecule has 1 aliphatic carbocycles. The molecule has 1 saturated carbocycles. The average molecular weight is 271 g/mol. The molecule has 0 aromatic heterocycles. The number of hydrogen-bond acceptors (Lipinski definition) is 3. The molecule has 1 atom stereocenters. The van der Waals surface area contributed by atoms with Crippen molar-refractivity contribution in [2.45, 2.75) is 38.1 Å². The van der Waals surface area contributed by atoms with Gasteiger partial charge in [-0.3, -0.25) is 0 Å². The number of carboxylic acids is 1. The van der Waals surface area contributed by atoms with E-state index in [-0.39, 0.29) is 11.9 Å². The van der Waals surface area contributed by atoms with Crippen LogP contribution in [0.3, 0.4) is 0 Å². The Morgan fingerprint density at radius 1 is 1.26 bits per heavy atom. The lowest BCUT2D eigenvalue weighted by Crippen LogP contribution is -2.50. The highest BCUT2D eigenvalue weighted by atomic mass is 16.4. The molecule has 0 aromatic carbocycles. The van der Waals surface area contributed by atoms with Gasteiger partial charge in [-0.05, 0) is 32.9 Å². The number of aliphatic carboxylic acids is 1. The molecule has 19 heavy (non-hydrogen) atoms. The maximum atomic E-state index is 11.7. The number of nitrogens with zero attached hydrogens (tertiary/aromatic N) is 1. The molecule has 0 heterocycles. The van der Waals surface area contributed by atoms with E-state index in [1.807, 2.05) is 19.0 Å². The van der Waals surface area contributed by atoms with Crippen LogP contribution in [0.15, 0.2) is 0 Å². The van der Waals surface area contributed by atoms with Crippen LogP contribution in [-0.2, 0) is 4.79 Å². The monoisotopic (exact) mass is 271 g/mol. The first-order valence-electron chi connectivity index (χ1n) is 6.92. The summed E-state index contributed by atoms with van der Waals surface area (Å²) in [4.78, 5) is 24.9. The summed E-state index contributed by atoms with van der Waals surface area (Å²) in [5, 5.41) is 14.5. The van der Waals surface area contributed by atoms with Crippen LogP contribution in [0, 0.1) is 5.92 Å². The van der Waals surface area contributed by atoms with Gasteiger partial charge in [0.05, 0.1) is 0 Å². The van der Waals surface area contributed by atoms with Crippen molar-refractivity contribution in [3.63, 3.8) is 0 Å². The van der Waals surface area contributed by atoms with Crippen molar-refractivity contribution in [3.8, 4) is 0 Å². The van der Waals surface area contributed by atoms with Crippen molar-refractivity contribution in [2.75, 3.05) is 27.2 Å². The van der Waals surface area contributed by atoms with Crippen molar-refractivity contribution < 1.29 is 14.7 Å². The van der Waals surface area contributed by atoms with E-state index >= 15 is 0 Å². The minimum absolute atomic E-state index is 0.0610. The van der Waals surface area contributed by atoms with Crippen molar-refractivity contribution >= 4 is 12.0 Å². The highest BCUT2D eigenvalue weighted by molar-refractivity contribution is 5.82. The summed E-state index contributed by atoms with van der Waals surface area (Å²) in [5.41, 5.74) is 0. The molecule has 0 radical (unpaired) electrons. The highest BCUT2D eigenvalue weighted by Crippen LogP contribution is 2.26. The zero-order chi connectivity index (χ0) is 14.3. The third-order valence-corrected chi connectivity index (χ3v) is 3.52. The zero-order valence-electron chi connectivity index (χ0n) is 11.8. The third kappa shape index (κ3) is 5.92. The number of carbonyl (C=O) groups excluding carboxylic acids is 1. The van der Waals surface area contributed by atoms with Crippen LogP contribution in [0.4, 0.5) is 4.79 Å². The van der Waals surface area contributed by atoms with Gasteiger partial charge in [-0.2, -0.15) is 0 Å². The van der Waals surface area contributed by atoms with E-state index in [0.29, 0.717) is 6.54 Å². The topological polar surface area (TPSA) is 81.7 Å². The molecule has 6 nitrogen and oxygen atoms in total. The fourth-order valence-electron chi connectivity index (χ4n) is 2.43. The van der Waals surface area contributed by atoms with Crippen molar-refractivity contribution in [1.29, 1.82) is 0 Å². The third-order valence-electron chi connectivity index (χ3n) is 3.52. The summed E-state index contributed by atoms with van der Waals surface area (Å²) in [5.74, 6) is -0.875. The molecule has 3 N–H and O–H groups in total. The summed E-state index contributed by atoms with van der Waals surface area (Å²) in [7, 11) is 3.84. The second-order valence-corrected chi connectivity index (χ2v) is 5.42. The molecule has 1 unspecified atom stereocenters. The predicted octanol–water partition coefficient (Wildman–Crippen LogP) is 0.881. The van der Waals surface area contributed by atoms with Crippen LogP contribution in [0.5, 0.6) is 0 Å². The van der Waals surface area contributed by atoms with Gasteiger partial charge in [0.25, 0.3) is 0 Å². The molecule has 0 aliphatic heterocycles. The van der Waals surface area contributed by atoms with Gasteiger partial charge in [0, 0.05) is 13.1 Å². The summed E-state index contributed by atoms with van der Waals surface area (Å²) in [6.07, 6.45) is 5.04. The van der Waals surface area contributed by atoms with E-state index in [9.17, 15) is 14.7 Å². The Morgan fingerprint density at radius 3 is 2.42 bits per heavy atom. The van der Waals surface area contributed by atoms with Crippen molar-refractivity contribution in [2.24, 2.45) is 5.92 Å². The van der Waals surface area contributed by atoms with Gasteiger partial charge in [0.2, 0.25) is 0 Å². The molecule has 1 rings (SSSR count). The van der Waals surface area contributed by atoms with E-state index in [2.05, 4.69) is 10.6 Å². The van der Waals surface area contributed by atoms with E-state index in [4.69, 9.17) is 0 Å². The van der Waals surface area contributed by atoms with Gasteiger partial charge >= 0.3 is 12.0 Å². The molecule has 1 fully saturated rings. The number of carboxylic acid groups (broad SMARTS) is 1. The number of rotatable bonds is 6. The molecule has 2 amide bonds. The predicted molar refractivity (Wildman–Crippen MR) is 73.1 cm³/mol. The summed E-state index contributed by atoms with van der Waals surface area (Å²) < 4.78 is 0. The van der Waals surface area contributed by atoms with E-state index in [1.54, 1.807) is 0 Å². The average Bonchev–Trinajstić information content (AvgIpc) is 2.36. The first-order chi connectivity index (χ1) is 9.00. The fourth-order valence-corrected chi connectivity index (χ4v) is 2.43. The normalized spacial score (nSPS) is 18.1. The van der Waals surface area contributed by atoms with Gasteiger partial charge < -0.3 is 20.6 Å². The molecule has 0 bridgehead atoms. The van der Waals surface area contributed by atoms with Gasteiger partial charge in [-0.15, -0.1) is 0 Å².